The molecular weight excluding hydrogens is 262 g/mol. The number of carbonyl (C=O) groups is 1. The zero-order valence-electron chi connectivity index (χ0n) is 12.0. The molecule has 21 heavy (non-hydrogen) atoms. The Hall–Kier alpha value is -2.49. The lowest BCUT2D eigenvalue weighted by molar-refractivity contribution is 0.0751. The molecule has 0 saturated carbocycles. The molecule has 1 aliphatic heterocycles. The van der Waals surface area contributed by atoms with Gasteiger partial charge in [0.1, 0.15) is 0 Å². The largest absolute Gasteiger partial charge is 0.275 e. The fraction of sp³-hybridized carbons (Fsp3) is 0.235. The summed E-state index contributed by atoms with van der Waals surface area (Å²) < 4.78 is 0. The minimum Gasteiger partial charge on any atom is -0.267 e. The molecule has 0 spiro atoms. The molecule has 0 fully saturated rings. The second-order valence-corrected chi connectivity index (χ2v) is 5.20. The Labute approximate surface area is 124 Å². The number of nitrogens with zero attached hydrogens (tertiary/aromatic N) is 3. The number of aromatic nitrogens is 1. The Morgan fingerprint density at radius 3 is 2.76 bits per heavy atom. The smallest absolute Gasteiger partial charge is 0.267 e. The zero-order chi connectivity index (χ0) is 14.7. The predicted molar refractivity (Wildman–Crippen MR) is 82.2 cm³/mol. The van der Waals surface area contributed by atoms with Crippen molar-refractivity contribution in [3.05, 3.63) is 65.5 Å². The highest BCUT2D eigenvalue weighted by Crippen LogP contribution is 2.16. The van der Waals surface area contributed by atoms with Crippen molar-refractivity contribution in [2.75, 3.05) is 6.54 Å². The molecule has 0 N–H and O–H groups in total. The van der Waals surface area contributed by atoms with E-state index in [1.165, 1.54) is 0 Å². The summed E-state index contributed by atoms with van der Waals surface area (Å²) in [4.78, 5) is 16.6. The van der Waals surface area contributed by atoms with E-state index in [0.717, 1.165) is 29.7 Å². The van der Waals surface area contributed by atoms with Crippen LogP contribution in [0.2, 0.25) is 0 Å². The second kappa shape index (κ2) is 5.87. The molecule has 1 amide bonds. The fourth-order valence-electron chi connectivity index (χ4n) is 2.44. The van der Waals surface area contributed by atoms with E-state index in [0.29, 0.717) is 12.1 Å². The van der Waals surface area contributed by atoms with Crippen LogP contribution in [0.25, 0.3) is 0 Å². The third kappa shape index (κ3) is 2.99. The van der Waals surface area contributed by atoms with Gasteiger partial charge in [-0.2, -0.15) is 5.10 Å². The van der Waals surface area contributed by atoms with Crippen molar-refractivity contribution in [1.82, 2.24) is 9.99 Å². The van der Waals surface area contributed by atoms with Gasteiger partial charge in [0.25, 0.3) is 5.91 Å². The van der Waals surface area contributed by atoms with Gasteiger partial charge in [0.05, 0.1) is 11.3 Å². The molecule has 0 aliphatic carbocycles. The molecule has 3 rings (SSSR count). The Balaban J connectivity index is 1.87. The van der Waals surface area contributed by atoms with Crippen molar-refractivity contribution in [2.24, 2.45) is 5.10 Å². The molecule has 4 heteroatoms. The molecule has 106 valence electrons. The third-order valence-corrected chi connectivity index (χ3v) is 3.49. The van der Waals surface area contributed by atoms with Crippen LogP contribution in [-0.4, -0.2) is 28.2 Å². The minimum atomic E-state index is -0.0840. The van der Waals surface area contributed by atoms with Crippen LogP contribution in [0.4, 0.5) is 0 Å². The van der Waals surface area contributed by atoms with E-state index in [1.807, 2.05) is 43.3 Å². The van der Waals surface area contributed by atoms with Crippen LogP contribution in [0.5, 0.6) is 0 Å². The number of rotatable bonds is 2. The molecule has 0 bridgehead atoms. The van der Waals surface area contributed by atoms with Crippen LogP contribution in [0.1, 0.15) is 34.3 Å². The topological polar surface area (TPSA) is 45.6 Å². The van der Waals surface area contributed by atoms with Crippen molar-refractivity contribution in [1.29, 1.82) is 0 Å². The highest BCUT2D eigenvalue weighted by molar-refractivity contribution is 6.02. The first-order valence-electron chi connectivity index (χ1n) is 7.10. The molecule has 0 saturated heterocycles. The van der Waals surface area contributed by atoms with Crippen LogP contribution in [0, 0.1) is 6.92 Å². The van der Waals surface area contributed by atoms with Crippen molar-refractivity contribution in [2.45, 2.75) is 19.8 Å². The molecule has 0 atom stereocenters. The molecule has 1 aromatic carbocycles. The fourth-order valence-corrected chi connectivity index (χ4v) is 2.44. The second-order valence-electron chi connectivity index (χ2n) is 5.20. The molecule has 2 aromatic rings. The van der Waals surface area contributed by atoms with Gasteiger partial charge in [0.15, 0.2) is 0 Å². The zero-order valence-corrected chi connectivity index (χ0v) is 12.0. The van der Waals surface area contributed by atoms with Gasteiger partial charge in [0, 0.05) is 18.9 Å². The summed E-state index contributed by atoms with van der Waals surface area (Å²) in [6.45, 7) is 2.59. The van der Waals surface area contributed by atoms with Gasteiger partial charge in [0.2, 0.25) is 0 Å². The predicted octanol–water partition coefficient (Wildman–Crippen LogP) is 3.03. The Morgan fingerprint density at radius 2 is 2.00 bits per heavy atom. The monoisotopic (exact) mass is 279 g/mol. The molecule has 1 aromatic heterocycles. The lowest BCUT2D eigenvalue weighted by Gasteiger charge is -2.23. The van der Waals surface area contributed by atoms with Gasteiger partial charge in [-0.3, -0.25) is 9.78 Å². The van der Waals surface area contributed by atoms with Gasteiger partial charge in [-0.25, -0.2) is 5.01 Å². The summed E-state index contributed by atoms with van der Waals surface area (Å²) in [5.74, 6) is -0.0840. The van der Waals surface area contributed by atoms with Crippen LogP contribution in [-0.2, 0) is 0 Å². The lowest BCUT2D eigenvalue weighted by Crippen LogP contribution is -2.32. The first-order valence-corrected chi connectivity index (χ1v) is 7.10. The van der Waals surface area contributed by atoms with Crippen LogP contribution < -0.4 is 0 Å². The maximum atomic E-state index is 12.5. The average Bonchev–Trinajstić information content (AvgIpc) is 2.55. The molecule has 1 aliphatic rings. The van der Waals surface area contributed by atoms with Crippen molar-refractivity contribution in [3.63, 3.8) is 0 Å². The van der Waals surface area contributed by atoms with E-state index in [1.54, 1.807) is 17.4 Å². The van der Waals surface area contributed by atoms with Gasteiger partial charge >= 0.3 is 0 Å². The van der Waals surface area contributed by atoms with Gasteiger partial charge in [-0.1, -0.05) is 30.3 Å². The van der Waals surface area contributed by atoms with Crippen LogP contribution >= 0.6 is 0 Å². The van der Waals surface area contributed by atoms with E-state index in [-0.39, 0.29) is 5.91 Å². The molecule has 2 heterocycles. The standard InChI is InChI=1S/C17H17N3O/c1-13-10-15(12-18-11-13)17(21)20-9-5-8-16(19-20)14-6-3-2-4-7-14/h2-4,6-7,10-12H,5,8-9H2,1H3. The summed E-state index contributed by atoms with van der Waals surface area (Å²) >= 11 is 0. The number of pyridine rings is 1. The first-order chi connectivity index (χ1) is 10.2. The summed E-state index contributed by atoms with van der Waals surface area (Å²) in [7, 11) is 0. The highest BCUT2D eigenvalue weighted by Gasteiger charge is 2.20. The molecule has 4 nitrogen and oxygen atoms in total. The Morgan fingerprint density at radius 1 is 1.19 bits per heavy atom. The Bertz CT molecular complexity index is 679. The van der Waals surface area contributed by atoms with Gasteiger partial charge < -0.3 is 0 Å². The number of hydrogen-bond donors (Lipinski definition) is 0. The summed E-state index contributed by atoms with van der Waals surface area (Å²) in [6.07, 6.45) is 5.17. The minimum absolute atomic E-state index is 0.0840. The first kappa shape index (κ1) is 13.5. The van der Waals surface area contributed by atoms with E-state index >= 15 is 0 Å². The highest BCUT2D eigenvalue weighted by atomic mass is 16.2. The summed E-state index contributed by atoms with van der Waals surface area (Å²) in [5.41, 5.74) is 3.62. The van der Waals surface area contributed by atoms with Gasteiger partial charge in [-0.15, -0.1) is 0 Å². The Kier molecular flexibility index (Phi) is 3.77. The molecule has 0 unspecified atom stereocenters. The SMILES string of the molecule is Cc1cncc(C(=O)N2CCCC(c3ccccc3)=N2)c1. The number of carbonyl (C=O) groups excluding carboxylic acids is 1. The number of hydrogen-bond acceptors (Lipinski definition) is 3. The average molecular weight is 279 g/mol. The van der Waals surface area contributed by atoms with Crippen molar-refractivity contribution < 1.29 is 4.79 Å². The van der Waals surface area contributed by atoms with Crippen LogP contribution in [0.3, 0.4) is 0 Å². The number of aryl methyl sites for hydroxylation is 1. The molecule has 0 radical (unpaired) electrons. The summed E-state index contributed by atoms with van der Waals surface area (Å²) in [5, 5.41) is 6.09. The van der Waals surface area contributed by atoms with Crippen LogP contribution in [0.15, 0.2) is 53.9 Å². The maximum absolute atomic E-state index is 12.5. The number of benzene rings is 1. The third-order valence-electron chi connectivity index (χ3n) is 3.49. The van der Waals surface area contributed by atoms with E-state index in [9.17, 15) is 4.79 Å². The number of amides is 1. The summed E-state index contributed by atoms with van der Waals surface area (Å²) in [6, 6.07) is 11.9. The van der Waals surface area contributed by atoms with E-state index < -0.39 is 0 Å². The van der Waals surface area contributed by atoms with Gasteiger partial charge in [-0.05, 0) is 37.0 Å². The molecular formula is C17H17N3O. The van der Waals surface area contributed by atoms with Crippen molar-refractivity contribution in [3.8, 4) is 0 Å². The van der Waals surface area contributed by atoms with E-state index in [2.05, 4.69) is 10.1 Å². The maximum Gasteiger partial charge on any atom is 0.275 e. The number of hydrazone groups is 1. The van der Waals surface area contributed by atoms with E-state index in [4.69, 9.17) is 0 Å². The van der Waals surface area contributed by atoms with Crippen molar-refractivity contribution >= 4 is 11.6 Å². The lowest BCUT2D eigenvalue weighted by atomic mass is 10.0. The quantitative estimate of drug-likeness (QED) is 0.848. The normalized spacial score (nSPS) is 14.7.